The highest BCUT2D eigenvalue weighted by molar-refractivity contribution is 7.50. The summed E-state index contributed by atoms with van der Waals surface area (Å²) in [6, 6.07) is 0. The molecule has 1 saturated heterocycles. The van der Waals surface area contributed by atoms with E-state index in [9.17, 15) is 19.4 Å². The van der Waals surface area contributed by atoms with Crippen LogP contribution in [-0.4, -0.2) is 74.2 Å². The van der Waals surface area contributed by atoms with E-state index < -0.39 is 31.9 Å². The molecule has 0 saturated carbocycles. The monoisotopic (exact) mass is 648 g/mol. The van der Waals surface area contributed by atoms with Gasteiger partial charge in [-0.3, -0.25) is 9.09 Å². The molecule has 45 heavy (non-hydrogen) atoms. The van der Waals surface area contributed by atoms with Crippen molar-refractivity contribution in [2.75, 3.05) is 38.5 Å². The smallest absolute Gasteiger partial charge is 0.390 e. The molecule has 5 N–H and O–H groups in total. The van der Waals surface area contributed by atoms with E-state index in [2.05, 4.69) is 83.0 Å². The molecular weight excluding hydrogens is 595 g/mol. The molecule has 1 aliphatic rings. The summed E-state index contributed by atoms with van der Waals surface area (Å²) >= 11 is 0. The number of ether oxygens (including phenoxy) is 1. The number of hydrogen-bond acceptors (Lipinski definition) is 9. The Hall–Kier alpha value is -2.70. The second kappa shape index (κ2) is 22.7. The summed E-state index contributed by atoms with van der Waals surface area (Å²) in [6.07, 6.45) is 28.6. The number of likely N-dealkylation sites (N-methyl/N-ethyl adjacent to an activating group) is 1. The molecule has 0 amide bonds. The number of nitrogens with two attached hydrogens (primary N) is 1. The Balaban J connectivity index is 1.53. The quantitative estimate of drug-likeness (QED) is 0.0730. The normalized spacial score (nSPS) is 20.7. The zero-order valence-electron chi connectivity index (χ0n) is 26.8. The SMILES string of the molecule is CC/C=C\CC=CCC=CC/C=C\C/C=C\CCCCNCCN(CC)P(=O)(O)OC[C@H]1OC(n2cnc(N)nc2=O)C[C@@H]1O. The Bertz CT molecular complexity index is 1220. The van der Waals surface area contributed by atoms with Crippen LogP contribution in [0.1, 0.15) is 77.9 Å². The molecule has 1 aromatic rings. The summed E-state index contributed by atoms with van der Waals surface area (Å²) in [5.41, 5.74) is 4.75. The second-order valence-corrected chi connectivity index (χ2v) is 12.4. The third-order valence-electron chi connectivity index (χ3n) is 7.07. The van der Waals surface area contributed by atoms with Crippen molar-refractivity contribution >= 4 is 13.7 Å². The number of nitrogens with zero attached hydrogens (tertiary/aromatic N) is 4. The van der Waals surface area contributed by atoms with Gasteiger partial charge in [0.2, 0.25) is 5.95 Å². The number of aromatic nitrogens is 3. The average molecular weight is 649 g/mol. The molecule has 0 bridgehead atoms. The van der Waals surface area contributed by atoms with Gasteiger partial charge in [-0.2, -0.15) is 4.98 Å². The summed E-state index contributed by atoms with van der Waals surface area (Å²) in [5, 5.41) is 13.7. The lowest BCUT2D eigenvalue weighted by Crippen LogP contribution is -2.33. The van der Waals surface area contributed by atoms with Crippen LogP contribution in [0.3, 0.4) is 0 Å². The predicted molar refractivity (Wildman–Crippen MR) is 179 cm³/mol. The number of rotatable bonds is 23. The largest absolute Gasteiger partial charge is 0.405 e. The molecule has 2 heterocycles. The van der Waals surface area contributed by atoms with Gasteiger partial charge in [0.15, 0.2) is 0 Å². The van der Waals surface area contributed by atoms with E-state index in [4.69, 9.17) is 15.0 Å². The van der Waals surface area contributed by atoms with E-state index in [1.165, 1.54) is 11.0 Å². The number of hydrogen-bond donors (Lipinski definition) is 4. The second-order valence-electron chi connectivity index (χ2n) is 10.6. The summed E-state index contributed by atoms with van der Waals surface area (Å²) in [6.45, 7) is 5.61. The van der Waals surface area contributed by atoms with E-state index >= 15 is 0 Å². The molecule has 0 aromatic carbocycles. The van der Waals surface area contributed by atoms with Crippen molar-refractivity contribution in [1.82, 2.24) is 24.5 Å². The molecule has 2 unspecified atom stereocenters. The fraction of sp³-hybridized carbons (Fsp3) is 0.594. The maximum atomic E-state index is 12.9. The number of anilines is 1. The first-order valence-electron chi connectivity index (χ1n) is 16.0. The zero-order valence-corrected chi connectivity index (χ0v) is 27.7. The number of allylic oxidation sites excluding steroid dienone is 10. The Kier molecular flexibility index (Phi) is 19.5. The van der Waals surface area contributed by atoms with Gasteiger partial charge in [0.25, 0.3) is 0 Å². The van der Waals surface area contributed by atoms with Crippen molar-refractivity contribution in [2.45, 2.75) is 90.1 Å². The van der Waals surface area contributed by atoms with Crippen molar-refractivity contribution in [3.63, 3.8) is 0 Å². The van der Waals surface area contributed by atoms with Crippen LogP contribution in [0.2, 0.25) is 0 Å². The predicted octanol–water partition coefficient (Wildman–Crippen LogP) is 4.82. The summed E-state index contributed by atoms with van der Waals surface area (Å²) in [5.74, 6) is -0.161. The van der Waals surface area contributed by atoms with Crippen LogP contribution in [-0.2, 0) is 13.8 Å². The third kappa shape index (κ3) is 15.9. The first kappa shape index (κ1) is 38.5. The molecule has 0 radical (unpaired) electrons. The molecule has 0 aliphatic carbocycles. The molecule has 13 heteroatoms. The van der Waals surface area contributed by atoms with E-state index in [0.717, 1.165) is 62.5 Å². The van der Waals surface area contributed by atoms with Crippen molar-refractivity contribution in [1.29, 1.82) is 0 Å². The fourth-order valence-corrected chi connectivity index (χ4v) is 5.73. The highest BCUT2D eigenvalue weighted by Gasteiger charge is 2.38. The Morgan fingerprint density at radius 1 is 1.04 bits per heavy atom. The minimum Gasteiger partial charge on any atom is -0.390 e. The molecule has 0 spiro atoms. The molecular formula is C32H53N6O6P. The summed E-state index contributed by atoms with van der Waals surface area (Å²) < 4.78 is 26.4. The van der Waals surface area contributed by atoms with Gasteiger partial charge in [-0.1, -0.05) is 74.6 Å². The van der Waals surface area contributed by atoms with E-state index in [-0.39, 0.29) is 19.0 Å². The molecule has 1 fully saturated rings. The Morgan fingerprint density at radius 3 is 2.27 bits per heavy atom. The van der Waals surface area contributed by atoms with Crippen LogP contribution >= 0.6 is 7.75 Å². The van der Waals surface area contributed by atoms with Crippen molar-refractivity contribution in [3.05, 3.63) is 77.6 Å². The third-order valence-corrected chi connectivity index (χ3v) is 8.75. The molecule has 12 nitrogen and oxygen atoms in total. The Labute approximate surface area is 268 Å². The highest BCUT2D eigenvalue weighted by atomic mass is 31.2. The standard InChI is InChI=1S/C32H53N6O6P/c1-3-5-6-7-8-9-10-11-12-13-14-15-16-17-18-19-20-21-22-34-23-24-37(4-2)45(41,42)43-26-29-28(39)25-30(44-29)38-27-35-31(33)36-32(38)40/h5-6,8-9,11-12,14-15,17-18,27-30,34,39H,3-4,7,10,13,16,19-26H2,1-2H3,(H,41,42)(H2,33,36,40)/b6-5-,9-8?,12-11?,15-14-,18-17-/t28-,29+,30?/m0/s1. The highest BCUT2D eigenvalue weighted by Crippen LogP contribution is 2.46. The summed E-state index contributed by atoms with van der Waals surface area (Å²) in [7, 11) is -4.12. The van der Waals surface area contributed by atoms with E-state index in [0.29, 0.717) is 19.6 Å². The van der Waals surface area contributed by atoms with Gasteiger partial charge in [-0.05, 0) is 57.9 Å². The zero-order chi connectivity index (χ0) is 32.8. The van der Waals surface area contributed by atoms with Crippen LogP contribution in [0.5, 0.6) is 0 Å². The maximum Gasteiger partial charge on any atom is 0.405 e. The first-order valence-corrected chi connectivity index (χ1v) is 17.5. The molecule has 252 valence electrons. The minimum absolute atomic E-state index is 0.0828. The maximum absolute atomic E-state index is 12.9. The number of nitrogen functional groups attached to an aromatic ring is 1. The van der Waals surface area contributed by atoms with Crippen molar-refractivity contribution in [3.8, 4) is 0 Å². The van der Waals surface area contributed by atoms with Crippen LogP contribution < -0.4 is 16.7 Å². The van der Waals surface area contributed by atoms with Crippen LogP contribution in [0, 0.1) is 0 Å². The number of aliphatic hydroxyl groups is 1. The van der Waals surface area contributed by atoms with E-state index in [1.807, 2.05) is 0 Å². The van der Waals surface area contributed by atoms with Crippen LogP contribution in [0.4, 0.5) is 5.95 Å². The van der Waals surface area contributed by atoms with Crippen LogP contribution in [0.25, 0.3) is 0 Å². The van der Waals surface area contributed by atoms with Crippen molar-refractivity contribution in [2.24, 2.45) is 0 Å². The van der Waals surface area contributed by atoms with Gasteiger partial charge in [0, 0.05) is 26.1 Å². The lowest BCUT2D eigenvalue weighted by Gasteiger charge is -2.26. The molecule has 1 aromatic heterocycles. The van der Waals surface area contributed by atoms with Gasteiger partial charge >= 0.3 is 13.4 Å². The number of nitrogens with one attached hydrogen (secondary N) is 1. The molecule has 1 aliphatic heterocycles. The lowest BCUT2D eigenvalue weighted by molar-refractivity contribution is -0.0445. The fourth-order valence-electron chi connectivity index (χ4n) is 4.52. The van der Waals surface area contributed by atoms with Gasteiger partial charge < -0.3 is 25.8 Å². The van der Waals surface area contributed by atoms with Crippen molar-refractivity contribution < 1.29 is 23.8 Å². The van der Waals surface area contributed by atoms with E-state index in [1.54, 1.807) is 6.92 Å². The number of aliphatic hydroxyl groups excluding tert-OH is 1. The van der Waals surface area contributed by atoms with Gasteiger partial charge in [0.05, 0.1) is 12.7 Å². The number of unbranched alkanes of at least 4 members (excludes halogenated alkanes) is 2. The molecule has 2 rings (SSSR count). The molecule has 4 atom stereocenters. The average Bonchev–Trinajstić information content (AvgIpc) is 3.38. The first-order chi connectivity index (χ1) is 21.8. The van der Waals surface area contributed by atoms with Gasteiger partial charge in [-0.25, -0.2) is 19.0 Å². The summed E-state index contributed by atoms with van der Waals surface area (Å²) in [4.78, 5) is 29.9. The lowest BCUT2D eigenvalue weighted by atomic mass is 10.2. The Morgan fingerprint density at radius 2 is 1.67 bits per heavy atom. The van der Waals surface area contributed by atoms with Crippen LogP contribution in [0.15, 0.2) is 71.9 Å². The van der Waals surface area contributed by atoms with Gasteiger partial charge in [0.1, 0.15) is 18.7 Å². The van der Waals surface area contributed by atoms with Gasteiger partial charge in [-0.15, -0.1) is 0 Å². The minimum atomic E-state index is -4.12. The topological polar surface area (TPSA) is 165 Å².